The second-order valence-corrected chi connectivity index (χ2v) is 3.78. The Kier molecular flexibility index (Phi) is 7.21. The first kappa shape index (κ1) is 15.2. The highest BCUT2D eigenvalue weighted by Crippen LogP contribution is 2.07. The van der Waals surface area contributed by atoms with Crippen molar-refractivity contribution in [2.24, 2.45) is 5.73 Å². The van der Waals surface area contributed by atoms with Gasteiger partial charge in [0.2, 0.25) is 0 Å². The topological polar surface area (TPSA) is 72.5 Å². The second-order valence-electron chi connectivity index (χ2n) is 3.78. The Bertz CT molecular complexity index is 156. The second kappa shape index (κ2) is 6.18. The highest BCUT2D eigenvalue weighted by molar-refractivity contribution is 5.85. The molecule has 0 aromatic carbocycles. The van der Waals surface area contributed by atoms with E-state index in [2.05, 4.69) is 0 Å². The van der Waals surface area contributed by atoms with E-state index in [1.165, 1.54) is 0 Å². The smallest absolute Gasteiger partial charge is 0.305 e. The fraction of sp³-hybridized carbons (Fsp3) is 0.875. The number of nitrogens with two attached hydrogens (primary N) is 1. The van der Waals surface area contributed by atoms with Crippen molar-refractivity contribution in [3.8, 4) is 0 Å². The molecule has 0 aromatic heterocycles. The van der Waals surface area contributed by atoms with Gasteiger partial charge >= 0.3 is 5.97 Å². The number of rotatable bonds is 4. The summed E-state index contributed by atoms with van der Waals surface area (Å²) in [5.41, 5.74) is 5.22. The molecular weight excluding hydrogens is 194 g/mol. The Morgan fingerprint density at radius 3 is 2.31 bits per heavy atom. The molecule has 5 heteroatoms. The maximum atomic E-state index is 10.2. The third kappa shape index (κ3) is 11.7. The Morgan fingerprint density at radius 2 is 2.00 bits per heavy atom. The lowest BCUT2D eigenvalue weighted by molar-refractivity contribution is -0.138. The van der Waals surface area contributed by atoms with Gasteiger partial charge in [-0.15, -0.1) is 12.4 Å². The maximum absolute atomic E-state index is 10.2. The van der Waals surface area contributed by atoms with Crippen molar-refractivity contribution in [1.29, 1.82) is 0 Å². The molecule has 0 aliphatic rings. The molecule has 0 aromatic rings. The van der Waals surface area contributed by atoms with Crippen LogP contribution in [0.15, 0.2) is 0 Å². The third-order valence-corrected chi connectivity index (χ3v) is 1.17. The molecule has 13 heavy (non-hydrogen) atoms. The van der Waals surface area contributed by atoms with Crippen LogP contribution in [0.2, 0.25) is 0 Å². The van der Waals surface area contributed by atoms with Gasteiger partial charge in [-0.1, -0.05) is 0 Å². The molecule has 1 atom stereocenters. The molecule has 0 amide bonds. The molecule has 4 nitrogen and oxygen atoms in total. The number of aliphatic carboxylic acids is 1. The summed E-state index contributed by atoms with van der Waals surface area (Å²) < 4.78 is 5.30. The summed E-state index contributed by atoms with van der Waals surface area (Å²) in [5, 5.41) is 8.38. The lowest BCUT2D eigenvalue weighted by Crippen LogP contribution is -2.33. The van der Waals surface area contributed by atoms with Crippen LogP contribution in [0.3, 0.4) is 0 Å². The summed E-state index contributed by atoms with van der Waals surface area (Å²) >= 11 is 0. The molecule has 0 fully saturated rings. The summed E-state index contributed by atoms with van der Waals surface area (Å²) in [4.78, 5) is 10.2. The highest BCUT2D eigenvalue weighted by Gasteiger charge is 2.14. The zero-order valence-electron chi connectivity index (χ0n) is 8.24. The monoisotopic (exact) mass is 211 g/mol. The van der Waals surface area contributed by atoms with Gasteiger partial charge in [-0.2, -0.15) is 0 Å². The maximum Gasteiger partial charge on any atom is 0.305 e. The number of carboxylic acid groups (broad SMARTS) is 1. The first-order valence-electron chi connectivity index (χ1n) is 3.92. The van der Waals surface area contributed by atoms with E-state index in [1.54, 1.807) is 0 Å². The molecular formula is C8H18ClNO3. The van der Waals surface area contributed by atoms with Gasteiger partial charge in [0.05, 0.1) is 18.6 Å². The van der Waals surface area contributed by atoms with Crippen molar-refractivity contribution in [2.75, 3.05) is 6.61 Å². The molecule has 0 saturated carbocycles. The standard InChI is InChI=1S/C8H17NO3.ClH/c1-8(2,3)12-5-6(9)4-7(10)11;/h6H,4-5,9H2,1-3H3,(H,10,11);1H/t6-;/m1./s1. The number of halogens is 1. The average molecular weight is 212 g/mol. The number of ether oxygens (including phenoxy) is 1. The van der Waals surface area contributed by atoms with Gasteiger partial charge < -0.3 is 15.6 Å². The molecule has 3 N–H and O–H groups in total. The lowest BCUT2D eigenvalue weighted by Gasteiger charge is -2.21. The first-order chi connectivity index (χ1) is 5.31. The Morgan fingerprint density at radius 1 is 1.54 bits per heavy atom. The van der Waals surface area contributed by atoms with Crippen molar-refractivity contribution >= 4 is 18.4 Å². The van der Waals surface area contributed by atoms with Crippen LogP contribution in [0, 0.1) is 0 Å². The largest absolute Gasteiger partial charge is 0.481 e. The molecule has 0 bridgehead atoms. The molecule has 0 aliphatic heterocycles. The van der Waals surface area contributed by atoms with E-state index in [0.29, 0.717) is 0 Å². The van der Waals surface area contributed by atoms with Crippen LogP contribution < -0.4 is 5.73 Å². The van der Waals surface area contributed by atoms with Gasteiger partial charge in [-0.3, -0.25) is 4.79 Å². The minimum Gasteiger partial charge on any atom is -0.481 e. The van der Waals surface area contributed by atoms with E-state index in [1.807, 2.05) is 20.8 Å². The van der Waals surface area contributed by atoms with Gasteiger partial charge in [0.25, 0.3) is 0 Å². The molecule has 0 unspecified atom stereocenters. The van der Waals surface area contributed by atoms with Crippen molar-refractivity contribution in [1.82, 2.24) is 0 Å². The van der Waals surface area contributed by atoms with E-state index in [9.17, 15) is 4.79 Å². The van der Waals surface area contributed by atoms with Crippen LogP contribution in [0.4, 0.5) is 0 Å². The molecule has 80 valence electrons. The predicted octanol–water partition coefficient (Wildman–Crippen LogP) is 1.03. The Balaban J connectivity index is 0. The van der Waals surface area contributed by atoms with E-state index < -0.39 is 12.0 Å². The van der Waals surface area contributed by atoms with Gasteiger partial charge in [0, 0.05) is 6.04 Å². The van der Waals surface area contributed by atoms with Crippen LogP contribution in [0.5, 0.6) is 0 Å². The minimum atomic E-state index is -0.889. The highest BCUT2D eigenvalue weighted by atomic mass is 35.5. The lowest BCUT2D eigenvalue weighted by atomic mass is 10.2. The zero-order chi connectivity index (χ0) is 9.78. The number of hydrogen-bond donors (Lipinski definition) is 2. The average Bonchev–Trinajstić information content (AvgIpc) is 1.80. The Hall–Kier alpha value is -0.320. The zero-order valence-corrected chi connectivity index (χ0v) is 9.06. The molecule has 0 saturated heterocycles. The van der Waals surface area contributed by atoms with Gasteiger partial charge in [-0.25, -0.2) is 0 Å². The summed E-state index contributed by atoms with van der Waals surface area (Å²) in [5.74, 6) is -0.889. The normalized spacial score (nSPS) is 13.2. The van der Waals surface area contributed by atoms with Crippen LogP contribution in [-0.2, 0) is 9.53 Å². The van der Waals surface area contributed by atoms with Crippen molar-refractivity contribution in [3.05, 3.63) is 0 Å². The van der Waals surface area contributed by atoms with Gasteiger partial charge in [0.15, 0.2) is 0 Å². The summed E-state index contributed by atoms with van der Waals surface area (Å²) in [6.07, 6.45) is -0.0456. The molecule has 0 aliphatic carbocycles. The van der Waals surface area contributed by atoms with Crippen LogP contribution in [0.25, 0.3) is 0 Å². The van der Waals surface area contributed by atoms with Crippen LogP contribution in [0.1, 0.15) is 27.2 Å². The number of carboxylic acids is 1. The summed E-state index contributed by atoms with van der Waals surface area (Å²) in [6.45, 7) is 6.00. The van der Waals surface area contributed by atoms with Crippen molar-refractivity contribution < 1.29 is 14.6 Å². The fourth-order valence-electron chi connectivity index (χ4n) is 0.640. The fourth-order valence-corrected chi connectivity index (χ4v) is 0.640. The quantitative estimate of drug-likeness (QED) is 0.729. The SMILES string of the molecule is CC(C)(C)OC[C@H](N)CC(=O)O.Cl. The van der Waals surface area contributed by atoms with Gasteiger partial charge in [-0.05, 0) is 20.8 Å². The molecule has 0 spiro atoms. The number of hydrogen-bond acceptors (Lipinski definition) is 3. The molecule has 0 rings (SSSR count). The minimum absolute atomic E-state index is 0. The van der Waals surface area contributed by atoms with E-state index in [0.717, 1.165) is 0 Å². The first-order valence-corrected chi connectivity index (χ1v) is 3.92. The summed E-state index contributed by atoms with van der Waals surface area (Å²) in [7, 11) is 0. The number of carbonyl (C=O) groups is 1. The van der Waals surface area contributed by atoms with E-state index in [-0.39, 0.29) is 31.0 Å². The van der Waals surface area contributed by atoms with Gasteiger partial charge in [0.1, 0.15) is 0 Å². The summed E-state index contributed by atoms with van der Waals surface area (Å²) in [6, 6.07) is -0.415. The molecule has 0 heterocycles. The van der Waals surface area contributed by atoms with E-state index >= 15 is 0 Å². The van der Waals surface area contributed by atoms with Crippen molar-refractivity contribution in [2.45, 2.75) is 38.8 Å². The Labute approximate surface area is 84.9 Å². The predicted molar refractivity (Wildman–Crippen MR) is 53.2 cm³/mol. The van der Waals surface area contributed by atoms with Crippen LogP contribution in [-0.4, -0.2) is 29.3 Å². The van der Waals surface area contributed by atoms with Crippen molar-refractivity contribution in [3.63, 3.8) is 0 Å². The molecule has 0 radical (unpaired) electrons. The van der Waals surface area contributed by atoms with E-state index in [4.69, 9.17) is 15.6 Å². The van der Waals surface area contributed by atoms with Crippen LogP contribution >= 0.6 is 12.4 Å². The third-order valence-electron chi connectivity index (χ3n) is 1.17.